The van der Waals surface area contributed by atoms with E-state index in [4.69, 9.17) is 4.74 Å². The fourth-order valence-electron chi connectivity index (χ4n) is 8.00. The molecule has 0 aliphatic carbocycles. The van der Waals surface area contributed by atoms with E-state index in [2.05, 4.69) is 55.1 Å². The molecule has 5 aliphatic heterocycles. The Bertz CT molecular complexity index is 1600. The van der Waals surface area contributed by atoms with Crippen LogP contribution in [0.5, 0.6) is 0 Å². The van der Waals surface area contributed by atoms with Gasteiger partial charge in [-0.15, -0.1) is 0 Å². The van der Waals surface area contributed by atoms with Crippen LogP contribution in [0.3, 0.4) is 0 Å². The Hall–Kier alpha value is -3.61. The van der Waals surface area contributed by atoms with Crippen molar-refractivity contribution in [3.63, 3.8) is 0 Å². The number of anilines is 1. The maximum atomic E-state index is 13.1. The van der Waals surface area contributed by atoms with Gasteiger partial charge in [0.1, 0.15) is 11.6 Å². The number of rotatable bonds is 7. The highest BCUT2D eigenvalue weighted by Gasteiger charge is 2.45. The number of carbonyl (C=O) groups is 4. The zero-order valence-corrected chi connectivity index (χ0v) is 29.7. The molecule has 0 aromatic heterocycles. The molecule has 5 heterocycles. The molecule has 5 aliphatic rings. The van der Waals surface area contributed by atoms with Crippen molar-refractivity contribution < 1.29 is 23.9 Å². The van der Waals surface area contributed by atoms with Crippen molar-refractivity contribution in [2.45, 2.75) is 95.0 Å². The second-order valence-corrected chi connectivity index (χ2v) is 16.6. The Kier molecular flexibility index (Phi) is 9.40. The lowest BCUT2D eigenvalue weighted by molar-refractivity contribution is -0.136. The summed E-state index contributed by atoms with van der Waals surface area (Å²) in [6, 6.07) is 14.6. The quantitative estimate of drug-likeness (QED) is 0.320. The lowest BCUT2D eigenvalue weighted by Crippen LogP contribution is -2.59. The lowest BCUT2D eigenvalue weighted by Gasteiger charge is -2.54. The second-order valence-electron chi connectivity index (χ2n) is 15.5. The summed E-state index contributed by atoms with van der Waals surface area (Å²) >= 11 is 1.81. The third-order valence-corrected chi connectivity index (χ3v) is 11.6. The first-order valence-corrected chi connectivity index (χ1v) is 18.5. The number of imide groups is 1. The lowest BCUT2D eigenvalue weighted by atomic mass is 9.72. The fourth-order valence-corrected chi connectivity index (χ4v) is 9.04. The molecule has 49 heavy (non-hydrogen) atoms. The zero-order valence-electron chi connectivity index (χ0n) is 28.8. The molecule has 12 heteroatoms. The van der Waals surface area contributed by atoms with Crippen LogP contribution < -0.4 is 15.5 Å². The van der Waals surface area contributed by atoms with E-state index in [0.717, 1.165) is 82.7 Å². The smallest absolute Gasteiger partial charge is 0.407 e. The van der Waals surface area contributed by atoms with Crippen LogP contribution in [0.15, 0.2) is 47.4 Å². The number of amides is 4. The molecule has 1 spiro atoms. The molecule has 4 amide bonds. The number of alkyl carbamates (subject to hydrolysis) is 1. The van der Waals surface area contributed by atoms with Gasteiger partial charge in [0.05, 0.1) is 0 Å². The fraction of sp³-hybridized carbons (Fsp3) is 0.568. The molecule has 1 atom stereocenters. The van der Waals surface area contributed by atoms with Crippen LogP contribution in [-0.2, 0) is 27.4 Å². The van der Waals surface area contributed by atoms with Crippen molar-refractivity contribution in [2.75, 3.05) is 44.2 Å². The SMILES string of the molecule is CC(C)(C)OC(=O)NC1CCN(Sc2cccc(CN3CC4(CCN(c5ccc6c(c5)CN(C5CCC(=O)NC5=O)C6=O)CC4)C3)c2)CC1. The minimum Gasteiger partial charge on any atom is -0.444 e. The first-order chi connectivity index (χ1) is 23.4. The van der Waals surface area contributed by atoms with Gasteiger partial charge >= 0.3 is 6.09 Å². The van der Waals surface area contributed by atoms with E-state index in [0.29, 0.717) is 23.9 Å². The van der Waals surface area contributed by atoms with Crippen LogP contribution in [0, 0.1) is 5.41 Å². The van der Waals surface area contributed by atoms with Crippen LogP contribution >= 0.6 is 11.9 Å². The van der Waals surface area contributed by atoms with Crippen molar-refractivity contribution in [1.29, 1.82) is 0 Å². The van der Waals surface area contributed by atoms with E-state index in [1.54, 1.807) is 4.90 Å². The average molecular weight is 689 g/mol. The molecule has 4 fully saturated rings. The molecule has 2 aromatic rings. The normalized spacial score (nSPS) is 23.3. The number of hydrogen-bond acceptors (Lipinski definition) is 9. The molecule has 11 nitrogen and oxygen atoms in total. The summed E-state index contributed by atoms with van der Waals surface area (Å²) in [5.74, 6) is -0.765. The van der Waals surface area contributed by atoms with Gasteiger partial charge in [-0.25, -0.2) is 9.10 Å². The van der Waals surface area contributed by atoms with Crippen molar-refractivity contribution in [2.24, 2.45) is 5.41 Å². The number of benzene rings is 2. The van der Waals surface area contributed by atoms with Gasteiger partial charge in [-0.1, -0.05) is 12.1 Å². The van der Waals surface area contributed by atoms with Gasteiger partial charge in [0, 0.05) is 81.0 Å². The Morgan fingerprint density at radius 1 is 1.00 bits per heavy atom. The molecular formula is C37H48N6O5S. The third-order valence-electron chi connectivity index (χ3n) is 10.5. The number of ether oxygens (including phenoxy) is 1. The number of carbonyl (C=O) groups excluding carboxylic acids is 4. The molecule has 2 N–H and O–H groups in total. The van der Waals surface area contributed by atoms with Gasteiger partial charge in [-0.3, -0.25) is 24.6 Å². The Morgan fingerprint density at radius 2 is 1.76 bits per heavy atom. The molecule has 262 valence electrons. The predicted molar refractivity (Wildman–Crippen MR) is 188 cm³/mol. The van der Waals surface area contributed by atoms with E-state index in [1.165, 1.54) is 10.5 Å². The van der Waals surface area contributed by atoms with Crippen molar-refractivity contribution in [3.8, 4) is 0 Å². The molecule has 7 rings (SSSR count). The van der Waals surface area contributed by atoms with Crippen LogP contribution in [0.2, 0.25) is 0 Å². The molecule has 4 saturated heterocycles. The van der Waals surface area contributed by atoms with Gasteiger partial charge in [-0.2, -0.15) is 0 Å². The first-order valence-electron chi connectivity index (χ1n) is 17.7. The Labute approximate surface area is 293 Å². The monoisotopic (exact) mass is 688 g/mol. The van der Waals surface area contributed by atoms with E-state index in [9.17, 15) is 19.2 Å². The summed E-state index contributed by atoms with van der Waals surface area (Å²) < 4.78 is 7.81. The van der Waals surface area contributed by atoms with Gasteiger partial charge in [-0.05, 0) is 112 Å². The summed E-state index contributed by atoms with van der Waals surface area (Å²) in [7, 11) is 0. The number of hydrogen-bond donors (Lipinski definition) is 2. The maximum absolute atomic E-state index is 13.1. The summed E-state index contributed by atoms with van der Waals surface area (Å²) in [4.78, 5) is 57.2. The summed E-state index contributed by atoms with van der Waals surface area (Å²) in [6.07, 6.45) is 4.43. The van der Waals surface area contributed by atoms with Gasteiger partial charge in [0.2, 0.25) is 11.8 Å². The number of nitrogens with one attached hydrogen (secondary N) is 2. The van der Waals surface area contributed by atoms with E-state index >= 15 is 0 Å². The number of nitrogens with zero attached hydrogens (tertiary/aromatic N) is 4. The van der Waals surface area contributed by atoms with Crippen LogP contribution in [0.1, 0.15) is 80.8 Å². The molecule has 1 unspecified atom stereocenters. The number of likely N-dealkylation sites (tertiary alicyclic amines) is 1. The standard InChI is InChI=1S/C37H48N6O5S/c1-36(2,3)48-35(47)38-27-11-15-42(16-12-27)49-29-6-4-5-25(19-29)21-40-23-37(24-40)13-17-41(18-14-37)28-7-8-30-26(20-28)22-43(34(30)46)31-9-10-32(44)39-33(31)45/h4-8,19-20,27,31H,9-18,21-24H2,1-3H3,(H,38,47)(H,39,44,45). The molecule has 0 saturated carbocycles. The van der Waals surface area contributed by atoms with Gasteiger partial charge < -0.3 is 19.9 Å². The van der Waals surface area contributed by atoms with E-state index in [1.807, 2.05) is 44.9 Å². The Balaban J connectivity index is 0.853. The van der Waals surface area contributed by atoms with Gasteiger partial charge in [0.15, 0.2) is 0 Å². The highest BCUT2D eigenvalue weighted by atomic mass is 32.2. The first kappa shape index (κ1) is 33.9. The van der Waals surface area contributed by atoms with Crippen LogP contribution in [0.4, 0.5) is 10.5 Å². The minimum atomic E-state index is -0.585. The van der Waals surface area contributed by atoms with E-state index < -0.39 is 11.6 Å². The van der Waals surface area contributed by atoms with Crippen LogP contribution in [-0.4, -0.2) is 94.9 Å². The molecular weight excluding hydrogens is 641 g/mol. The highest BCUT2D eigenvalue weighted by molar-refractivity contribution is 7.97. The molecule has 0 bridgehead atoms. The second kappa shape index (κ2) is 13.6. The van der Waals surface area contributed by atoms with Crippen molar-refractivity contribution >= 4 is 41.5 Å². The largest absolute Gasteiger partial charge is 0.444 e. The molecule has 2 aromatic carbocycles. The highest BCUT2D eigenvalue weighted by Crippen LogP contribution is 2.43. The zero-order chi connectivity index (χ0) is 34.3. The van der Waals surface area contributed by atoms with Crippen molar-refractivity contribution in [1.82, 2.24) is 24.7 Å². The third kappa shape index (κ3) is 7.76. The van der Waals surface area contributed by atoms with Crippen molar-refractivity contribution in [3.05, 3.63) is 59.2 Å². The Morgan fingerprint density at radius 3 is 2.47 bits per heavy atom. The maximum Gasteiger partial charge on any atom is 0.407 e. The topological polar surface area (TPSA) is 115 Å². The van der Waals surface area contributed by atoms with E-state index in [-0.39, 0.29) is 36.3 Å². The summed E-state index contributed by atoms with van der Waals surface area (Å²) in [5.41, 5.74) is 3.99. The number of fused-ring (bicyclic) bond motifs is 1. The minimum absolute atomic E-state index is 0.123. The average Bonchev–Trinajstić information content (AvgIpc) is 3.36. The predicted octanol–water partition coefficient (Wildman–Crippen LogP) is 4.55. The number of piperidine rings is 3. The van der Waals surface area contributed by atoms with Gasteiger partial charge in [0.25, 0.3) is 5.91 Å². The summed E-state index contributed by atoms with van der Waals surface area (Å²) in [5, 5.41) is 5.41. The molecule has 0 radical (unpaired) electrons. The van der Waals surface area contributed by atoms with Crippen LogP contribution in [0.25, 0.3) is 0 Å². The summed E-state index contributed by atoms with van der Waals surface area (Å²) in [6.45, 7) is 13.1.